The van der Waals surface area contributed by atoms with Crippen LogP contribution < -0.4 is 20.7 Å². The summed E-state index contributed by atoms with van der Waals surface area (Å²) in [6.45, 7) is 8.30. The molecule has 14 heteroatoms. The number of nitrogens with zero attached hydrogens (tertiary/aromatic N) is 3. The van der Waals surface area contributed by atoms with Gasteiger partial charge in [0.25, 0.3) is 14.1 Å². The van der Waals surface area contributed by atoms with Gasteiger partial charge in [-0.2, -0.15) is 5.26 Å². The van der Waals surface area contributed by atoms with Crippen molar-refractivity contribution in [2.45, 2.75) is 76.3 Å². The Balaban J connectivity index is 1.64. The molecule has 1 aromatic heterocycles. The molecule has 5 rings (SSSR count). The highest BCUT2D eigenvalue weighted by molar-refractivity contribution is 7.44. The van der Waals surface area contributed by atoms with Gasteiger partial charge in [-0.05, 0) is 68.7 Å². The van der Waals surface area contributed by atoms with Gasteiger partial charge in [0.1, 0.15) is 35.4 Å². The van der Waals surface area contributed by atoms with Gasteiger partial charge in [0.15, 0.2) is 6.23 Å². The van der Waals surface area contributed by atoms with Crippen LogP contribution in [0.4, 0.5) is 0 Å². The van der Waals surface area contributed by atoms with Crippen molar-refractivity contribution < 1.29 is 32.7 Å². The monoisotopic (exact) mass is 760 g/mol. The average Bonchev–Trinajstić information content (AvgIpc) is 3.51. The van der Waals surface area contributed by atoms with Gasteiger partial charge in [0, 0.05) is 31.5 Å². The van der Waals surface area contributed by atoms with E-state index in [9.17, 15) is 14.9 Å². The highest BCUT2D eigenvalue weighted by atomic mass is 31.2. The summed E-state index contributed by atoms with van der Waals surface area (Å²) in [7, 11) is 2.98. The third-order valence-electron chi connectivity index (χ3n) is 9.19. The van der Waals surface area contributed by atoms with Gasteiger partial charge >= 0.3 is 5.69 Å². The summed E-state index contributed by atoms with van der Waals surface area (Å²) in [6.07, 6.45) is -1.97. The van der Waals surface area contributed by atoms with Crippen LogP contribution in [-0.4, -0.2) is 79.2 Å². The Morgan fingerprint density at radius 1 is 0.852 bits per heavy atom. The lowest BCUT2D eigenvalue weighted by atomic mass is 9.80. The molecule has 0 amide bonds. The number of aromatic nitrogens is 2. The molecule has 0 bridgehead atoms. The maximum atomic E-state index is 13.2. The fraction of sp³-hybridized carbons (Fsp3) is 0.425. The summed E-state index contributed by atoms with van der Waals surface area (Å²) in [5.41, 5.74) is 0.101. The second-order valence-electron chi connectivity index (χ2n) is 13.2. The van der Waals surface area contributed by atoms with Crippen LogP contribution in [-0.2, 0) is 28.9 Å². The second-order valence-corrected chi connectivity index (χ2v) is 14.6. The van der Waals surface area contributed by atoms with Crippen molar-refractivity contribution in [2.24, 2.45) is 0 Å². The molecule has 3 aromatic carbocycles. The van der Waals surface area contributed by atoms with Crippen molar-refractivity contribution in [3.63, 3.8) is 0 Å². The second kappa shape index (κ2) is 18.8. The minimum Gasteiger partial charge on any atom is -0.497 e. The summed E-state index contributed by atoms with van der Waals surface area (Å²) >= 11 is 0. The summed E-state index contributed by atoms with van der Waals surface area (Å²) in [4.78, 5) is 27.6. The fourth-order valence-electron chi connectivity index (χ4n) is 6.75. The standard InChI is InChI=1S/C40H49N4O9P/c1-27(2)44(28(3)4)54(51-25-11-23-41)53-36-34(52-38(37(36)49-7)43-24-22-35(45)42-39(43)46)26-50-40(29-12-9-8-10-13-29,30-14-18-32(47-5)19-15-30)31-16-20-33(48-6)21-17-31/h8-10,12-22,24,27-28,34,36-38H,11,25-26H2,1-7H3,(H,42,45,46). The number of rotatable bonds is 18. The molecule has 13 nitrogen and oxygen atoms in total. The van der Waals surface area contributed by atoms with E-state index in [0.29, 0.717) is 11.5 Å². The molecule has 1 N–H and O–H groups in total. The molecular weight excluding hydrogens is 711 g/mol. The molecule has 0 aliphatic carbocycles. The minimum atomic E-state index is -1.77. The van der Waals surface area contributed by atoms with E-state index >= 15 is 0 Å². The molecule has 1 aliphatic heterocycles. The number of H-pyrrole nitrogens is 1. The molecule has 1 saturated heterocycles. The normalized spacial score (nSPS) is 19.3. The number of ether oxygens (including phenoxy) is 5. The highest BCUT2D eigenvalue weighted by Gasteiger charge is 2.51. The van der Waals surface area contributed by atoms with Crippen molar-refractivity contribution >= 4 is 8.53 Å². The van der Waals surface area contributed by atoms with Gasteiger partial charge in [-0.1, -0.05) is 54.6 Å². The first-order valence-corrected chi connectivity index (χ1v) is 18.9. The maximum absolute atomic E-state index is 13.2. The molecule has 4 aromatic rings. The third kappa shape index (κ3) is 8.94. The molecule has 0 saturated carbocycles. The zero-order chi connectivity index (χ0) is 38.8. The SMILES string of the molecule is COc1ccc(C(OCC2OC(n3ccc(=O)[nH]c3=O)C(OC)C2OP(OCCC#N)N(C(C)C)C(C)C)(c2ccccc2)c2ccc(OC)cc2)cc1. The van der Waals surface area contributed by atoms with Gasteiger partial charge < -0.3 is 32.7 Å². The van der Waals surface area contributed by atoms with Crippen LogP contribution in [0, 0.1) is 11.3 Å². The minimum absolute atomic E-state index is 0.0182. The first kappa shape index (κ1) is 40.8. The molecule has 54 heavy (non-hydrogen) atoms. The maximum Gasteiger partial charge on any atom is 0.330 e. The largest absolute Gasteiger partial charge is 0.497 e. The number of methoxy groups -OCH3 is 3. The van der Waals surface area contributed by atoms with E-state index in [4.69, 9.17) is 32.7 Å². The van der Waals surface area contributed by atoms with Gasteiger partial charge in [-0.15, -0.1) is 0 Å². The molecular formula is C40H49N4O9P. The lowest BCUT2D eigenvalue weighted by Crippen LogP contribution is -2.43. The summed E-state index contributed by atoms with van der Waals surface area (Å²) in [5.74, 6) is 1.37. The Bertz CT molecular complexity index is 1870. The number of nitrogens with one attached hydrogen (secondary N) is 1. The highest BCUT2D eigenvalue weighted by Crippen LogP contribution is 2.51. The Morgan fingerprint density at radius 3 is 1.93 bits per heavy atom. The number of hydrogen-bond acceptors (Lipinski definition) is 11. The molecule has 0 spiro atoms. The lowest BCUT2D eigenvalue weighted by molar-refractivity contribution is -0.0957. The molecule has 1 fully saturated rings. The van der Waals surface area contributed by atoms with E-state index in [2.05, 4.69) is 15.7 Å². The Labute approximate surface area is 317 Å². The van der Waals surface area contributed by atoms with E-state index in [-0.39, 0.29) is 31.7 Å². The van der Waals surface area contributed by atoms with Crippen LogP contribution in [0.15, 0.2) is 101 Å². The molecule has 288 valence electrons. The quantitative estimate of drug-likeness (QED) is 0.0710. The van der Waals surface area contributed by atoms with E-state index in [1.807, 2.05) is 107 Å². The van der Waals surface area contributed by atoms with E-state index in [1.54, 1.807) is 14.2 Å². The Kier molecular flexibility index (Phi) is 14.2. The van der Waals surface area contributed by atoms with Crippen LogP contribution in [0.1, 0.15) is 57.0 Å². The topological polar surface area (TPSA) is 147 Å². The third-order valence-corrected chi connectivity index (χ3v) is 11.3. The zero-order valence-electron chi connectivity index (χ0n) is 31.7. The molecule has 5 atom stereocenters. The van der Waals surface area contributed by atoms with E-state index in [1.165, 1.54) is 23.9 Å². The Morgan fingerprint density at radius 2 is 1.43 bits per heavy atom. The number of aromatic amines is 1. The van der Waals surface area contributed by atoms with Gasteiger partial charge in [-0.3, -0.25) is 14.3 Å². The van der Waals surface area contributed by atoms with Crippen molar-refractivity contribution in [1.82, 2.24) is 14.2 Å². The van der Waals surface area contributed by atoms with E-state index < -0.39 is 49.9 Å². The number of nitriles is 1. The predicted octanol–water partition coefficient (Wildman–Crippen LogP) is 6.14. The molecule has 2 heterocycles. The lowest BCUT2D eigenvalue weighted by Gasteiger charge is -2.39. The van der Waals surface area contributed by atoms with E-state index in [0.717, 1.165) is 16.7 Å². The molecule has 0 radical (unpaired) electrons. The van der Waals surface area contributed by atoms with Crippen molar-refractivity contribution in [3.05, 3.63) is 129 Å². The first-order valence-electron chi connectivity index (χ1n) is 17.8. The molecule has 5 unspecified atom stereocenters. The smallest absolute Gasteiger partial charge is 0.330 e. The summed E-state index contributed by atoms with van der Waals surface area (Å²) < 4.78 is 47.6. The first-order chi connectivity index (χ1) is 26.1. The number of hydrogen-bond donors (Lipinski definition) is 1. The summed E-state index contributed by atoms with van der Waals surface area (Å²) in [6, 6.07) is 28.7. The Hall–Kier alpha value is -4.38. The van der Waals surface area contributed by atoms with Gasteiger partial charge in [-0.25, -0.2) is 9.46 Å². The van der Waals surface area contributed by atoms with Crippen molar-refractivity contribution in [3.8, 4) is 17.6 Å². The van der Waals surface area contributed by atoms with Crippen LogP contribution in [0.5, 0.6) is 11.5 Å². The van der Waals surface area contributed by atoms with Crippen LogP contribution in [0.2, 0.25) is 0 Å². The van der Waals surface area contributed by atoms with Crippen LogP contribution in [0.3, 0.4) is 0 Å². The number of benzene rings is 3. The zero-order valence-corrected chi connectivity index (χ0v) is 32.6. The van der Waals surface area contributed by atoms with Crippen LogP contribution in [0.25, 0.3) is 0 Å². The fourth-order valence-corrected chi connectivity index (χ4v) is 8.52. The molecule has 1 aliphatic rings. The predicted molar refractivity (Wildman–Crippen MR) is 204 cm³/mol. The average molecular weight is 761 g/mol. The van der Waals surface area contributed by atoms with Crippen LogP contribution >= 0.6 is 8.53 Å². The van der Waals surface area contributed by atoms with Crippen molar-refractivity contribution in [1.29, 1.82) is 5.26 Å². The summed E-state index contributed by atoms with van der Waals surface area (Å²) in [5, 5.41) is 9.33. The van der Waals surface area contributed by atoms with Gasteiger partial charge in [0.05, 0.1) is 39.9 Å². The van der Waals surface area contributed by atoms with Gasteiger partial charge in [0.2, 0.25) is 0 Å². The van der Waals surface area contributed by atoms with Crippen molar-refractivity contribution in [2.75, 3.05) is 34.5 Å².